The Morgan fingerprint density at radius 2 is 1.79 bits per heavy atom. The summed E-state index contributed by atoms with van der Waals surface area (Å²) in [5.74, 6) is -0.797. The van der Waals surface area contributed by atoms with E-state index in [0.717, 1.165) is 22.6 Å². The number of hydrogen-bond donors (Lipinski definition) is 1. The van der Waals surface area contributed by atoms with Crippen LogP contribution in [0.5, 0.6) is 5.75 Å². The van der Waals surface area contributed by atoms with Crippen LogP contribution in [0.2, 0.25) is 5.02 Å². The van der Waals surface area contributed by atoms with Crippen molar-refractivity contribution in [3.8, 4) is 5.75 Å². The van der Waals surface area contributed by atoms with Crippen molar-refractivity contribution in [1.29, 1.82) is 0 Å². The van der Waals surface area contributed by atoms with Gasteiger partial charge in [0.2, 0.25) is 0 Å². The second-order valence-corrected chi connectivity index (χ2v) is 8.88. The normalized spacial score (nSPS) is 21.9. The molecular weight excluding hydrogens is 454 g/mol. The Morgan fingerprint density at radius 1 is 1.06 bits per heavy atom. The summed E-state index contributed by atoms with van der Waals surface area (Å²) in [6.07, 6.45) is 2.40. The van der Waals surface area contributed by atoms with E-state index >= 15 is 0 Å². The molecule has 1 heterocycles. The summed E-state index contributed by atoms with van der Waals surface area (Å²) in [4.78, 5) is 26.8. The fraction of sp³-hybridized carbons (Fsp3) is 0.333. The number of carbonyl (C=O) groups excluding carboxylic acids is 2. The van der Waals surface area contributed by atoms with Gasteiger partial charge in [0.1, 0.15) is 18.1 Å². The molecule has 6 nitrogen and oxygen atoms in total. The Balaban J connectivity index is 1.78. The number of carbonyl (C=O) groups is 2. The lowest BCUT2D eigenvalue weighted by molar-refractivity contribution is -0.141. The summed E-state index contributed by atoms with van der Waals surface area (Å²) in [5, 5.41) is 3.93. The highest BCUT2D eigenvalue weighted by atomic mass is 35.5. The van der Waals surface area contributed by atoms with Crippen LogP contribution in [0.15, 0.2) is 71.6 Å². The van der Waals surface area contributed by atoms with E-state index in [9.17, 15) is 9.59 Å². The summed E-state index contributed by atoms with van der Waals surface area (Å²) in [6.45, 7) is 2.27. The summed E-state index contributed by atoms with van der Waals surface area (Å²) >= 11 is 6.12. The zero-order valence-electron chi connectivity index (χ0n) is 19.5. The predicted molar refractivity (Wildman–Crippen MR) is 130 cm³/mol. The number of rotatable bonds is 7. The Hall–Kier alpha value is -3.09. The second-order valence-electron chi connectivity index (χ2n) is 8.44. The SMILES string of the molecule is COCCOC(=O)C1=C(C)NC2=CC(c3ccccc3OC)CC(=O)C2C1c1ccc(Cl)cc1. The quantitative estimate of drug-likeness (QED) is 0.454. The summed E-state index contributed by atoms with van der Waals surface area (Å²) in [7, 11) is 3.18. The Morgan fingerprint density at radius 3 is 2.50 bits per heavy atom. The monoisotopic (exact) mass is 481 g/mol. The van der Waals surface area contributed by atoms with Gasteiger partial charge in [-0.2, -0.15) is 0 Å². The van der Waals surface area contributed by atoms with Crippen molar-refractivity contribution < 1.29 is 23.8 Å². The molecule has 4 rings (SSSR count). The number of benzene rings is 2. The van der Waals surface area contributed by atoms with Gasteiger partial charge in [0.15, 0.2) is 0 Å². The van der Waals surface area contributed by atoms with Crippen LogP contribution in [0.1, 0.15) is 36.3 Å². The first kappa shape index (κ1) is 24.0. The molecule has 1 aliphatic heterocycles. The van der Waals surface area contributed by atoms with Gasteiger partial charge in [-0.25, -0.2) is 4.79 Å². The molecule has 3 atom stereocenters. The maximum absolute atomic E-state index is 13.7. The Kier molecular flexibility index (Phi) is 7.39. The third-order valence-corrected chi connectivity index (χ3v) is 6.62. The number of fused-ring (bicyclic) bond motifs is 1. The minimum atomic E-state index is -0.527. The number of allylic oxidation sites excluding steroid dienone is 3. The highest BCUT2D eigenvalue weighted by molar-refractivity contribution is 6.30. The molecule has 2 aromatic rings. The van der Waals surface area contributed by atoms with Gasteiger partial charge >= 0.3 is 5.97 Å². The Labute approximate surface area is 204 Å². The molecule has 0 aromatic heterocycles. The number of halogens is 1. The Bertz CT molecular complexity index is 1140. The van der Waals surface area contributed by atoms with Gasteiger partial charge in [-0.1, -0.05) is 48.0 Å². The number of para-hydroxylation sites is 1. The molecule has 1 aliphatic carbocycles. The van der Waals surface area contributed by atoms with Crippen molar-refractivity contribution in [2.24, 2.45) is 5.92 Å². The first-order chi connectivity index (χ1) is 16.4. The number of hydrogen-bond acceptors (Lipinski definition) is 6. The van der Waals surface area contributed by atoms with Crippen LogP contribution in [-0.2, 0) is 19.1 Å². The molecule has 2 aromatic carbocycles. The van der Waals surface area contributed by atoms with Crippen molar-refractivity contribution in [2.75, 3.05) is 27.4 Å². The van der Waals surface area contributed by atoms with E-state index in [1.165, 1.54) is 0 Å². The molecule has 34 heavy (non-hydrogen) atoms. The number of esters is 1. The van der Waals surface area contributed by atoms with Gasteiger partial charge in [-0.05, 0) is 30.7 Å². The standard InChI is InChI=1S/C27H28ClNO5/c1-16-24(27(31)34-13-12-32-2)25(17-8-10-19(28)11-9-17)26-21(29-16)14-18(15-22(26)30)20-6-4-5-7-23(20)33-3/h4-11,14,18,25-26,29H,12-13,15H2,1-3H3. The molecule has 0 amide bonds. The maximum Gasteiger partial charge on any atom is 0.336 e. The van der Waals surface area contributed by atoms with Gasteiger partial charge in [0.25, 0.3) is 0 Å². The largest absolute Gasteiger partial charge is 0.496 e. The summed E-state index contributed by atoms with van der Waals surface area (Å²) < 4.78 is 16.0. The molecule has 0 saturated carbocycles. The molecule has 1 N–H and O–H groups in total. The van der Waals surface area contributed by atoms with Crippen LogP contribution in [0.25, 0.3) is 0 Å². The van der Waals surface area contributed by atoms with Gasteiger partial charge in [-0.15, -0.1) is 0 Å². The fourth-order valence-electron chi connectivity index (χ4n) is 4.84. The van der Waals surface area contributed by atoms with Crippen molar-refractivity contribution in [3.63, 3.8) is 0 Å². The molecule has 0 saturated heterocycles. The molecule has 0 radical (unpaired) electrons. The van der Waals surface area contributed by atoms with Gasteiger partial charge in [0, 0.05) is 47.3 Å². The number of ether oxygens (including phenoxy) is 3. The van der Waals surface area contributed by atoms with Crippen LogP contribution in [0.4, 0.5) is 0 Å². The average molecular weight is 482 g/mol. The molecule has 0 fully saturated rings. The topological polar surface area (TPSA) is 73.9 Å². The molecule has 7 heteroatoms. The highest BCUT2D eigenvalue weighted by Crippen LogP contribution is 2.47. The lowest BCUT2D eigenvalue weighted by Gasteiger charge is -2.39. The first-order valence-electron chi connectivity index (χ1n) is 11.2. The van der Waals surface area contributed by atoms with Crippen molar-refractivity contribution in [2.45, 2.75) is 25.2 Å². The predicted octanol–water partition coefficient (Wildman–Crippen LogP) is 4.76. The molecule has 0 bridgehead atoms. The van der Waals surface area contributed by atoms with E-state index in [0.29, 0.717) is 29.3 Å². The van der Waals surface area contributed by atoms with Crippen molar-refractivity contribution in [3.05, 3.63) is 87.7 Å². The average Bonchev–Trinajstić information content (AvgIpc) is 2.83. The molecule has 3 unspecified atom stereocenters. The molecule has 0 spiro atoms. The molecular formula is C27H28ClNO5. The van der Waals surface area contributed by atoms with Crippen LogP contribution in [-0.4, -0.2) is 39.2 Å². The smallest absolute Gasteiger partial charge is 0.336 e. The van der Waals surface area contributed by atoms with Crippen molar-refractivity contribution in [1.82, 2.24) is 5.32 Å². The number of nitrogens with one attached hydrogen (secondary N) is 1. The lowest BCUT2D eigenvalue weighted by Crippen LogP contribution is -2.42. The molecule has 178 valence electrons. The van der Waals surface area contributed by atoms with E-state index in [4.69, 9.17) is 25.8 Å². The number of Topliss-reactive ketones (excluding diaryl/α,β-unsaturated/α-hetero) is 1. The highest BCUT2D eigenvalue weighted by Gasteiger charge is 2.45. The van der Waals surface area contributed by atoms with E-state index in [-0.39, 0.29) is 18.3 Å². The summed E-state index contributed by atoms with van der Waals surface area (Å²) in [5.41, 5.74) is 3.70. The van der Waals surface area contributed by atoms with Gasteiger partial charge in [-0.3, -0.25) is 4.79 Å². The fourth-order valence-corrected chi connectivity index (χ4v) is 4.97. The third kappa shape index (κ3) is 4.74. The zero-order chi connectivity index (χ0) is 24.2. The minimum Gasteiger partial charge on any atom is -0.496 e. The van der Waals surface area contributed by atoms with E-state index < -0.39 is 17.8 Å². The zero-order valence-corrected chi connectivity index (χ0v) is 20.2. The van der Waals surface area contributed by atoms with Crippen LogP contribution >= 0.6 is 11.6 Å². The lowest BCUT2D eigenvalue weighted by atomic mass is 9.68. The number of methoxy groups -OCH3 is 2. The maximum atomic E-state index is 13.7. The minimum absolute atomic E-state index is 0.0514. The third-order valence-electron chi connectivity index (χ3n) is 6.37. The van der Waals surface area contributed by atoms with Crippen molar-refractivity contribution >= 4 is 23.4 Å². The van der Waals surface area contributed by atoms with E-state index in [1.807, 2.05) is 43.3 Å². The summed E-state index contributed by atoms with van der Waals surface area (Å²) in [6, 6.07) is 15.0. The van der Waals surface area contributed by atoms with E-state index in [1.54, 1.807) is 26.4 Å². The van der Waals surface area contributed by atoms with Gasteiger partial charge in [0.05, 0.1) is 25.2 Å². The molecule has 2 aliphatic rings. The van der Waals surface area contributed by atoms with Crippen LogP contribution in [0, 0.1) is 5.92 Å². The van der Waals surface area contributed by atoms with Crippen LogP contribution in [0.3, 0.4) is 0 Å². The van der Waals surface area contributed by atoms with Crippen LogP contribution < -0.4 is 10.1 Å². The van der Waals surface area contributed by atoms with Gasteiger partial charge < -0.3 is 19.5 Å². The first-order valence-corrected chi connectivity index (χ1v) is 11.6. The number of ketones is 1. The van der Waals surface area contributed by atoms with E-state index in [2.05, 4.69) is 11.4 Å². The second kappa shape index (κ2) is 10.5.